The molecule has 0 spiro atoms. The first-order chi connectivity index (χ1) is 16.8. The third-order valence-electron chi connectivity index (χ3n) is 5.37. The number of likely N-dealkylation sites (N-methyl/N-ethyl adjacent to an activating group) is 1. The van der Waals surface area contributed by atoms with E-state index in [9.17, 15) is 19.5 Å². The Bertz CT molecular complexity index is 1030. The van der Waals surface area contributed by atoms with Gasteiger partial charge >= 0.3 is 6.09 Å². The molecule has 0 saturated heterocycles. The maximum Gasteiger partial charge on any atom is 0.408 e. The van der Waals surface area contributed by atoms with Crippen molar-refractivity contribution >= 4 is 17.9 Å². The Hall–Kier alpha value is -3.55. The van der Waals surface area contributed by atoms with E-state index in [0.29, 0.717) is 5.56 Å². The average Bonchev–Trinajstić information content (AvgIpc) is 2.77. The molecule has 8 nitrogen and oxygen atoms in total. The maximum absolute atomic E-state index is 13.9. The predicted octanol–water partition coefficient (Wildman–Crippen LogP) is 4.25. The molecule has 0 aromatic heterocycles. The van der Waals surface area contributed by atoms with Gasteiger partial charge in [-0.15, -0.1) is 0 Å². The molecule has 2 aromatic carbocycles. The van der Waals surface area contributed by atoms with Crippen molar-refractivity contribution in [2.24, 2.45) is 0 Å². The Morgan fingerprint density at radius 2 is 1.56 bits per heavy atom. The average molecular weight is 498 g/mol. The lowest BCUT2D eigenvalue weighted by Gasteiger charge is -2.34. The molecule has 2 unspecified atom stereocenters. The van der Waals surface area contributed by atoms with Gasteiger partial charge in [0.1, 0.15) is 23.4 Å². The summed E-state index contributed by atoms with van der Waals surface area (Å²) >= 11 is 0. The van der Waals surface area contributed by atoms with Gasteiger partial charge in [-0.3, -0.25) is 9.59 Å². The van der Waals surface area contributed by atoms with Crippen molar-refractivity contribution in [2.45, 2.75) is 78.6 Å². The molecule has 0 radical (unpaired) electrons. The molecule has 36 heavy (non-hydrogen) atoms. The van der Waals surface area contributed by atoms with Crippen molar-refractivity contribution in [3.05, 3.63) is 65.2 Å². The third kappa shape index (κ3) is 8.59. The standard InChI is InChI=1S/C28H39N3O5/c1-8-31(24(25(33)29-18(2)3)21-13-9-19(4)10-14-21)26(34)23(30-27(35)36-28(5,6)7)17-20-11-15-22(32)16-12-20/h9-16,18,23-24,32H,8,17H2,1-7H3,(H,29,33)(H,30,35). The number of phenols is 1. The Balaban J connectivity index is 2.46. The van der Waals surface area contributed by atoms with E-state index < -0.39 is 29.7 Å². The number of alkyl carbamates (subject to hydrolysis) is 1. The highest BCUT2D eigenvalue weighted by atomic mass is 16.6. The molecule has 0 aliphatic carbocycles. The Morgan fingerprint density at radius 1 is 0.972 bits per heavy atom. The number of nitrogens with zero attached hydrogens (tertiary/aromatic N) is 1. The van der Waals surface area contributed by atoms with E-state index in [-0.39, 0.29) is 30.7 Å². The zero-order valence-electron chi connectivity index (χ0n) is 22.3. The van der Waals surface area contributed by atoms with E-state index in [0.717, 1.165) is 11.1 Å². The van der Waals surface area contributed by atoms with Crippen molar-refractivity contribution in [1.29, 1.82) is 0 Å². The largest absolute Gasteiger partial charge is 0.508 e. The van der Waals surface area contributed by atoms with Gasteiger partial charge in [0.2, 0.25) is 11.8 Å². The van der Waals surface area contributed by atoms with Crippen LogP contribution in [0.15, 0.2) is 48.5 Å². The number of nitrogens with one attached hydrogen (secondary N) is 2. The molecule has 0 aliphatic heterocycles. The number of carbonyl (C=O) groups is 3. The number of phenolic OH excluding ortho intramolecular Hbond substituents is 1. The number of aryl methyl sites for hydroxylation is 1. The van der Waals surface area contributed by atoms with Gasteiger partial charge in [0.15, 0.2) is 0 Å². The van der Waals surface area contributed by atoms with Gasteiger partial charge in [-0.05, 0) is 71.7 Å². The number of amides is 3. The Kier molecular flexibility index (Phi) is 9.90. The number of hydrogen-bond acceptors (Lipinski definition) is 5. The molecule has 3 N–H and O–H groups in total. The number of rotatable bonds is 9. The van der Waals surface area contributed by atoms with Crippen LogP contribution in [0.2, 0.25) is 0 Å². The minimum atomic E-state index is -0.996. The van der Waals surface area contributed by atoms with Gasteiger partial charge in [0.05, 0.1) is 0 Å². The summed E-state index contributed by atoms with van der Waals surface area (Å²) in [5, 5.41) is 15.3. The van der Waals surface area contributed by atoms with Crippen LogP contribution in [0.25, 0.3) is 0 Å². The quantitative estimate of drug-likeness (QED) is 0.480. The SMILES string of the molecule is CCN(C(=O)C(Cc1ccc(O)cc1)NC(=O)OC(C)(C)C)C(C(=O)NC(C)C)c1ccc(C)cc1. The molecule has 0 bridgehead atoms. The molecule has 0 heterocycles. The van der Waals surface area contributed by atoms with Gasteiger partial charge in [-0.1, -0.05) is 42.0 Å². The van der Waals surface area contributed by atoms with E-state index in [2.05, 4.69) is 10.6 Å². The van der Waals surface area contributed by atoms with Crippen LogP contribution < -0.4 is 10.6 Å². The predicted molar refractivity (Wildman–Crippen MR) is 140 cm³/mol. The highest BCUT2D eigenvalue weighted by molar-refractivity contribution is 5.92. The van der Waals surface area contributed by atoms with E-state index in [1.165, 1.54) is 17.0 Å². The van der Waals surface area contributed by atoms with Crippen LogP contribution in [0.5, 0.6) is 5.75 Å². The summed E-state index contributed by atoms with van der Waals surface area (Å²) in [5.74, 6) is -0.618. The zero-order chi connectivity index (χ0) is 27.0. The highest BCUT2D eigenvalue weighted by Crippen LogP contribution is 2.24. The van der Waals surface area contributed by atoms with Gasteiger partial charge in [-0.25, -0.2) is 4.79 Å². The van der Waals surface area contributed by atoms with Gasteiger partial charge in [0.25, 0.3) is 0 Å². The molecule has 196 valence electrons. The van der Waals surface area contributed by atoms with Crippen LogP contribution >= 0.6 is 0 Å². The fraction of sp³-hybridized carbons (Fsp3) is 0.464. The van der Waals surface area contributed by atoms with E-state index >= 15 is 0 Å². The smallest absolute Gasteiger partial charge is 0.408 e. The van der Waals surface area contributed by atoms with E-state index in [4.69, 9.17) is 4.74 Å². The number of ether oxygens (including phenoxy) is 1. The first-order valence-electron chi connectivity index (χ1n) is 12.3. The Labute approximate surface area is 214 Å². The van der Waals surface area contributed by atoms with Gasteiger partial charge in [-0.2, -0.15) is 0 Å². The number of benzene rings is 2. The lowest BCUT2D eigenvalue weighted by molar-refractivity contribution is -0.142. The summed E-state index contributed by atoms with van der Waals surface area (Å²) in [6.07, 6.45) is -0.574. The van der Waals surface area contributed by atoms with Crippen LogP contribution in [0, 0.1) is 6.92 Å². The number of aromatic hydroxyl groups is 1. The molecule has 8 heteroatoms. The normalized spacial score (nSPS) is 13.0. The molecule has 2 atom stereocenters. The van der Waals surface area contributed by atoms with E-state index in [1.807, 2.05) is 45.0 Å². The van der Waals surface area contributed by atoms with Crippen LogP contribution in [-0.4, -0.2) is 52.1 Å². The second kappa shape index (κ2) is 12.4. The summed E-state index contributed by atoms with van der Waals surface area (Å²) < 4.78 is 5.41. The maximum atomic E-state index is 13.9. The zero-order valence-corrected chi connectivity index (χ0v) is 22.3. The lowest BCUT2D eigenvalue weighted by Crippen LogP contribution is -2.54. The van der Waals surface area contributed by atoms with Gasteiger partial charge < -0.3 is 25.4 Å². The minimum absolute atomic E-state index is 0.0988. The third-order valence-corrected chi connectivity index (χ3v) is 5.37. The van der Waals surface area contributed by atoms with Crippen molar-refractivity contribution in [2.75, 3.05) is 6.54 Å². The minimum Gasteiger partial charge on any atom is -0.508 e. The summed E-state index contributed by atoms with van der Waals surface area (Å²) in [7, 11) is 0. The number of carbonyl (C=O) groups excluding carboxylic acids is 3. The molecular formula is C28H39N3O5. The molecule has 2 aromatic rings. The molecular weight excluding hydrogens is 458 g/mol. The second-order valence-corrected chi connectivity index (χ2v) is 10.2. The first kappa shape index (κ1) is 28.7. The van der Waals surface area contributed by atoms with E-state index in [1.54, 1.807) is 39.8 Å². The molecule has 2 rings (SSSR count). The van der Waals surface area contributed by atoms with Crippen molar-refractivity contribution < 1.29 is 24.2 Å². The van der Waals surface area contributed by atoms with Crippen LogP contribution in [0.3, 0.4) is 0 Å². The second-order valence-electron chi connectivity index (χ2n) is 10.2. The van der Waals surface area contributed by atoms with Crippen LogP contribution in [-0.2, 0) is 20.7 Å². The topological polar surface area (TPSA) is 108 Å². The van der Waals surface area contributed by atoms with Crippen LogP contribution in [0.1, 0.15) is 64.3 Å². The number of hydrogen-bond donors (Lipinski definition) is 3. The Morgan fingerprint density at radius 3 is 2.06 bits per heavy atom. The monoisotopic (exact) mass is 497 g/mol. The molecule has 0 aliphatic rings. The van der Waals surface area contributed by atoms with Crippen LogP contribution in [0.4, 0.5) is 4.79 Å². The van der Waals surface area contributed by atoms with Gasteiger partial charge in [0, 0.05) is 19.0 Å². The summed E-state index contributed by atoms with van der Waals surface area (Å²) in [5.41, 5.74) is 1.70. The molecule has 0 saturated carbocycles. The van der Waals surface area contributed by atoms with Crippen molar-refractivity contribution in [3.8, 4) is 5.75 Å². The van der Waals surface area contributed by atoms with Crippen molar-refractivity contribution in [1.82, 2.24) is 15.5 Å². The molecule has 3 amide bonds. The first-order valence-corrected chi connectivity index (χ1v) is 12.3. The summed E-state index contributed by atoms with van der Waals surface area (Å²) in [6, 6.07) is 11.9. The fourth-order valence-electron chi connectivity index (χ4n) is 3.77. The summed E-state index contributed by atoms with van der Waals surface area (Å²) in [6.45, 7) is 12.9. The summed E-state index contributed by atoms with van der Waals surface area (Å²) in [4.78, 5) is 41.4. The highest BCUT2D eigenvalue weighted by Gasteiger charge is 2.35. The molecule has 0 fully saturated rings. The van der Waals surface area contributed by atoms with Crippen molar-refractivity contribution in [3.63, 3.8) is 0 Å². The lowest BCUT2D eigenvalue weighted by atomic mass is 9.99. The fourth-order valence-corrected chi connectivity index (χ4v) is 3.77.